The number of hydrazine groups is 1. The van der Waals surface area contributed by atoms with Gasteiger partial charge in [-0.2, -0.15) is 0 Å². The number of nitrogens with one attached hydrogen (secondary N) is 2. The number of ether oxygens (including phenoxy) is 2. The first kappa shape index (κ1) is 17.6. The maximum absolute atomic E-state index is 12.0. The van der Waals surface area contributed by atoms with E-state index in [1.54, 1.807) is 20.8 Å². The topological polar surface area (TPSA) is 76.7 Å². The molecule has 0 saturated carbocycles. The number of carbonyl (C=O) groups is 2. The number of rotatable bonds is 2. The Balaban J connectivity index is 2.54. The molecule has 0 aliphatic rings. The number of hydrogen-bond donors (Lipinski definition) is 2. The summed E-state index contributed by atoms with van der Waals surface area (Å²) in [4.78, 5) is 23.0. The fourth-order valence-electron chi connectivity index (χ4n) is 1.29. The van der Waals surface area contributed by atoms with E-state index >= 15 is 0 Å². The van der Waals surface area contributed by atoms with Gasteiger partial charge in [0.1, 0.15) is 11.4 Å². The maximum atomic E-state index is 12.0. The molecule has 1 aromatic carbocycles. The van der Waals surface area contributed by atoms with E-state index in [4.69, 9.17) is 4.74 Å². The molecular formula is C13H15F3N2O4. The Bertz CT molecular complexity index is 536. The average Bonchev–Trinajstić information content (AvgIpc) is 2.33. The molecule has 0 saturated heterocycles. The fourth-order valence-corrected chi connectivity index (χ4v) is 1.29. The zero-order chi connectivity index (χ0) is 17.0. The van der Waals surface area contributed by atoms with E-state index in [2.05, 4.69) is 10.2 Å². The second-order valence-corrected chi connectivity index (χ2v) is 5.15. The number of amides is 2. The molecule has 9 heteroatoms. The lowest BCUT2D eigenvalue weighted by molar-refractivity contribution is -0.274. The van der Waals surface area contributed by atoms with Crippen LogP contribution < -0.4 is 15.6 Å². The second kappa shape index (κ2) is 6.54. The van der Waals surface area contributed by atoms with Gasteiger partial charge in [-0.3, -0.25) is 10.2 Å². The Labute approximate surface area is 124 Å². The molecule has 0 spiro atoms. The van der Waals surface area contributed by atoms with Gasteiger partial charge in [0.15, 0.2) is 0 Å². The van der Waals surface area contributed by atoms with Gasteiger partial charge < -0.3 is 9.47 Å². The van der Waals surface area contributed by atoms with Crippen molar-refractivity contribution in [2.75, 3.05) is 0 Å². The smallest absolute Gasteiger partial charge is 0.443 e. The van der Waals surface area contributed by atoms with Crippen molar-refractivity contribution < 1.29 is 32.2 Å². The summed E-state index contributed by atoms with van der Waals surface area (Å²) in [6.45, 7) is 4.94. The number of hydrogen-bond acceptors (Lipinski definition) is 4. The first-order chi connectivity index (χ1) is 9.96. The minimum atomic E-state index is -4.80. The van der Waals surface area contributed by atoms with E-state index in [0.717, 1.165) is 24.3 Å². The molecule has 2 N–H and O–H groups in total. The van der Waals surface area contributed by atoms with Gasteiger partial charge in [-0.1, -0.05) is 0 Å². The lowest BCUT2D eigenvalue weighted by Gasteiger charge is -2.19. The van der Waals surface area contributed by atoms with Crippen LogP contribution in [0.1, 0.15) is 31.1 Å². The summed E-state index contributed by atoms with van der Waals surface area (Å²) >= 11 is 0. The predicted octanol–water partition coefficient (Wildman–Crippen LogP) is 2.75. The molecule has 122 valence electrons. The van der Waals surface area contributed by atoms with Crippen LogP contribution in [0, 0.1) is 0 Å². The molecule has 0 radical (unpaired) electrons. The zero-order valence-electron chi connectivity index (χ0n) is 12.1. The van der Waals surface area contributed by atoms with E-state index in [1.807, 2.05) is 5.43 Å². The van der Waals surface area contributed by atoms with Crippen molar-refractivity contribution in [2.45, 2.75) is 32.7 Å². The lowest BCUT2D eigenvalue weighted by Crippen LogP contribution is -2.44. The summed E-state index contributed by atoms with van der Waals surface area (Å²) in [5, 5.41) is 0. The number of halogens is 3. The summed E-state index contributed by atoms with van der Waals surface area (Å²) in [5.41, 5.74) is 3.38. The van der Waals surface area contributed by atoms with E-state index in [9.17, 15) is 22.8 Å². The Hall–Kier alpha value is -2.45. The van der Waals surface area contributed by atoms with Crippen LogP contribution in [-0.4, -0.2) is 24.0 Å². The molecule has 0 heterocycles. The van der Waals surface area contributed by atoms with Crippen molar-refractivity contribution in [3.63, 3.8) is 0 Å². The monoisotopic (exact) mass is 320 g/mol. The van der Waals surface area contributed by atoms with Crippen LogP contribution in [0.3, 0.4) is 0 Å². The fraction of sp³-hybridized carbons (Fsp3) is 0.385. The van der Waals surface area contributed by atoms with Gasteiger partial charge in [0.2, 0.25) is 0 Å². The van der Waals surface area contributed by atoms with Gasteiger partial charge in [-0.25, -0.2) is 10.2 Å². The van der Waals surface area contributed by atoms with E-state index in [1.165, 1.54) is 0 Å². The minimum Gasteiger partial charge on any atom is -0.443 e. The largest absolute Gasteiger partial charge is 0.573 e. The molecule has 0 bridgehead atoms. The highest BCUT2D eigenvalue weighted by molar-refractivity contribution is 5.95. The Morgan fingerprint density at radius 1 is 1.00 bits per heavy atom. The molecule has 6 nitrogen and oxygen atoms in total. The molecule has 0 fully saturated rings. The number of benzene rings is 1. The van der Waals surface area contributed by atoms with Crippen molar-refractivity contribution in [2.24, 2.45) is 0 Å². The van der Waals surface area contributed by atoms with Gasteiger partial charge in [0, 0.05) is 5.56 Å². The normalized spacial score (nSPS) is 11.5. The summed E-state index contributed by atoms with van der Waals surface area (Å²) in [5.74, 6) is -1.17. The van der Waals surface area contributed by atoms with Crippen LogP contribution in [0.2, 0.25) is 0 Å². The SMILES string of the molecule is CC(C)(C)OC(=O)NNC(=O)c1ccc(OC(F)(F)F)cc1. The molecule has 0 unspecified atom stereocenters. The third kappa shape index (κ3) is 6.82. The van der Waals surface area contributed by atoms with E-state index in [-0.39, 0.29) is 5.56 Å². The first-order valence-corrected chi connectivity index (χ1v) is 6.11. The highest BCUT2D eigenvalue weighted by Gasteiger charge is 2.31. The Morgan fingerprint density at radius 3 is 2.00 bits per heavy atom. The van der Waals surface area contributed by atoms with Crippen LogP contribution in [0.4, 0.5) is 18.0 Å². The molecule has 0 aromatic heterocycles. The van der Waals surface area contributed by atoms with Crippen molar-refractivity contribution in [1.29, 1.82) is 0 Å². The quantitative estimate of drug-likeness (QED) is 0.822. The van der Waals surface area contributed by atoms with Crippen molar-refractivity contribution >= 4 is 12.0 Å². The molecule has 2 amide bonds. The number of carbonyl (C=O) groups excluding carboxylic acids is 2. The molecule has 0 atom stereocenters. The predicted molar refractivity (Wildman–Crippen MR) is 70.0 cm³/mol. The molecule has 0 aliphatic heterocycles. The molecule has 1 rings (SSSR count). The van der Waals surface area contributed by atoms with Gasteiger partial charge in [-0.15, -0.1) is 13.2 Å². The van der Waals surface area contributed by atoms with Gasteiger partial charge in [0.25, 0.3) is 5.91 Å². The van der Waals surface area contributed by atoms with Crippen LogP contribution >= 0.6 is 0 Å². The third-order valence-corrected chi connectivity index (χ3v) is 2.03. The van der Waals surface area contributed by atoms with Gasteiger partial charge in [-0.05, 0) is 45.0 Å². The summed E-state index contributed by atoms with van der Waals surface area (Å²) in [6, 6.07) is 4.20. The van der Waals surface area contributed by atoms with Crippen molar-refractivity contribution in [3.05, 3.63) is 29.8 Å². The van der Waals surface area contributed by atoms with Crippen LogP contribution in [0.5, 0.6) is 5.75 Å². The highest BCUT2D eigenvalue weighted by atomic mass is 19.4. The van der Waals surface area contributed by atoms with Crippen molar-refractivity contribution in [1.82, 2.24) is 10.9 Å². The molecule has 1 aromatic rings. The lowest BCUT2D eigenvalue weighted by atomic mass is 10.2. The summed E-state index contributed by atoms with van der Waals surface area (Å²) in [7, 11) is 0. The Morgan fingerprint density at radius 2 is 1.55 bits per heavy atom. The van der Waals surface area contributed by atoms with E-state index in [0.29, 0.717) is 0 Å². The standard InChI is InChI=1S/C13H15F3N2O4/c1-12(2,3)22-11(20)18-17-10(19)8-4-6-9(7-5-8)21-13(14,15)16/h4-7H,1-3H3,(H,17,19)(H,18,20). The van der Waals surface area contributed by atoms with Crippen molar-refractivity contribution in [3.8, 4) is 5.75 Å². The van der Waals surface area contributed by atoms with Crippen LogP contribution in [0.25, 0.3) is 0 Å². The minimum absolute atomic E-state index is 0.0329. The zero-order valence-corrected chi connectivity index (χ0v) is 12.1. The highest BCUT2D eigenvalue weighted by Crippen LogP contribution is 2.22. The Kier molecular flexibility index (Phi) is 5.23. The van der Waals surface area contributed by atoms with E-state index < -0.39 is 29.7 Å². The number of alkyl halides is 3. The van der Waals surface area contributed by atoms with Gasteiger partial charge >= 0.3 is 12.5 Å². The van der Waals surface area contributed by atoms with Gasteiger partial charge in [0.05, 0.1) is 0 Å². The average molecular weight is 320 g/mol. The first-order valence-electron chi connectivity index (χ1n) is 6.11. The third-order valence-electron chi connectivity index (χ3n) is 2.03. The second-order valence-electron chi connectivity index (χ2n) is 5.15. The van der Waals surface area contributed by atoms with Crippen LogP contribution in [0.15, 0.2) is 24.3 Å². The summed E-state index contributed by atoms with van der Waals surface area (Å²) in [6.07, 6.45) is -5.67. The molecular weight excluding hydrogens is 305 g/mol. The maximum Gasteiger partial charge on any atom is 0.573 e. The molecule has 22 heavy (non-hydrogen) atoms. The molecule has 0 aliphatic carbocycles. The summed E-state index contributed by atoms with van der Waals surface area (Å²) < 4.78 is 44.5. The van der Waals surface area contributed by atoms with Crippen LogP contribution in [-0.2, 0) is 4.74 Å².